The number of hydrogen-bond donors (Lipinski definition) is 2. The number of aromatic amines is 1. The normalized spacial score (nSPS) is 19.3. The van der Waals surface area contributed by atoms with Crippen LogP contribution >= 0.6 is 0 Å². The molecule has 3 heterocycles. The van der Waals surface area contributed by atoms with Gasteiger partial charge < -0.3 is 5.32 Å². The van der Waals surface area contributed by atoms with Crippen LogP contribution in [0.4, 0.5) is 30.7 Å². The number of amides is 1. The van der Waals surface area contributed by atoms with E-state index in [2.05, 4.69) is 25.6 Å². The van der Waals surface area contributed by atoms with Gasteiger partial charge in [-0.1, -0.05) is 6.07 Å². The predicted molar refractivity (Wildman–Crippen MR) is 173 cm³/mol. The molecule has 2 N–H and O–H groups in total. The maximum atomic E-state index is 15.2. The first-order valence-electron chi connectivity index (χ1n) is 16.5. The highest BCUT2D eigenvalue weighted by molar-refractivity contribution is 7.93. The van der Waals surface area contributed by atoms with Crippen LogP contribution in [0, 0.1) is 23.4 Å². The molecule has 53 heavy (non-hydrogen) atoms. The van der Waals surface area contributed by atoms with Crippen molar-refractivity contribution in [1.82, 2.24) is 30.3 Å². The molecule has 0 radical (unpaired) electrons. The molecule has 3 aliphatic carbocycles. The van der Waals surface area contributed by atoms with Crippen molar-refractivity contribution in [2.75, 3.05) is 5.75 Å². The Labute approximate surface area is 295 Å². The summed E-state index contributed by atoms with van der Waals surface area (Å²) in [6.45, 7) is -0.925. The molecule has 0 spiro atoms. The van der Waals surface area contributed by atoms with E-state index in [1.165, 1.54) is 18.3 Å². The van der Waals surface area contributed by atoms with Crippen LogP contribution in [0.15, 0.2) is 48.7 Å². The van der Waals surface area contributed by atoms with Crippen molar-refractivity contribution in [3.63, 3.8) is 0 Å². The maximum absolute atomic E-state index is 15.2. The number of ketones is 1. The van der Waals surface area contributed by atoms with Gasteiger partial charge in [0.05, 0.1) is 34.3 Å². The van der Waals surface area contributed by atoms with Crippen LogP contribution in [0.2, 0.25) is 0 Å². The van der Waals surface area contributed by atoms with Gasteiger partial charge in [0.1, 0.15) is 46.7 Å². The molecule has 2 saturated carbocycles. The molecule has 3 aliphatic rings. The summed E-state index contributed by atoms with van der Waals surface area (Å²) in [5, 5.41) is 12.3. The Morgan fingerprint density at radius 2 is 1.75 bits per heavy atom. The quantitative estimate of drug-likeness (QED) is 0.113. The number of rotatable bonds is 12. The van der Waals surface area contributed by atoms with E-state index < -0.39 is 104 Å². The molecule has 0 bridgehead atoms. The number of pyridine rings is 1. The first-order valence-corrected chi connectivity index (χ1v) is 18.2. The van der Waals surface area contributed by atoms with E-state index in [-0.39, 0.29) is 46.3 Å². The van der Waals surface area contributed by atoms with Crippen molar-refractivity contribution in [2.45, 2.75) is 61.8 Å². The van der Waals surface area contributed by atoms with Crippen molar-refractivity contribution in [3.8, 4) is 11.1 Å². The Bertz CT molecular complexity index is 2430. The highest BCUT2D eigenvalue weighted by atomic mass is 32.2. The molecule has 0 saturated heterocycles. The molecule has 276 valence electrons. The van der Waals surface area contributed by atoms with Gasteiger partial charge >= 0.3 is 0 Å². The summed E-state index contributed by atoms with van der Waals surface area (Å²) >= 11 is 0. The lowest BCUT2D eigenvalue weighted by molar-refractivity contribution is -0.123. The van der Waals surface area contributed by atoms with Crippen molar-refractivity contribution in [1.29, 1.82) is 0 Å². The van der Waals surface area contributed by atoms with E-state index in [0.717, 1.165) is 24.3 Å². The van der Waals surface area contributed by atoms with Crippen molar-refractivity contribution < 1.29 is 48.7 Å². The van der Waals surface area contributed by atoms with Crippen LogP contribution in [-0.4, -0.2) is 56.1 Å². The minimum Gasteiger partial charge on any atom is -0.346 e. The molecule has 3 aromatic heterocycles. The molecular formula is C35H27F7N6O4S. The molecule has 2 unspecified atom stereocenters. The van der Waals surface area contributed by atoms with Gasteiger partial charge in [-0.25, -0.2) is 35.4 Å². The molecule has 0 aliphatic heterocycles. The number of nitrogens with one attached hydrogen (secondary N) is 2. The molecule has 10 nitrogen and oxygen atoms in total. The van der Waals surface area contributed by atoms with E-state index >= 15 is 13.2 Å². The highest BCUT2D eigenvalue weighted by Gasteiger charge is 2.67. The fourth-order valence-corrected chi connectivity index (χ4v) is 8.85. The summed E-state index contributed by atoms with van der Waals surface area (Å²) in [6, 6.07) is 6.15. The Hall–Kier alpha value is -5.13. The summed E-state index contributed by atoms with van der Waals surface area (Å²) in [5.41, 5.74) is -1.50. The first kappa shape index (κ1) is 34.9. The Balaban J connectivity index is 1.19. The number of alkyl halides is 4. The van der Waals surface area contributed by atoms with Crippen molar-refractivity contribution >= 4 is 32.6 Å². The zero-order chi connectivity index (χ0) is 37.6. The van der Waals surface area contributed by atoms with Gasteiger partial charge in [-0.15, -0.1) is 0 Å². The zero-order valence-corrected chi connectivity index (χ0v) is 28.0. The number of H-pyrrole nitrogens is 1. The molecule has 1 amide bonds. The fraction of sp³-hybridized carbons (Fsp3) is 0.343. The van der Waals surface area contributed by atoms with Gasteiger partial charge in [0.2, 0.25) is 5.91 Å². The second-order valence-corrected chi connectivity index (χ2v) is 15.9. The number of carbonyl (C=O) groups is 2. The van der Waals surface area contributed by atoms with E-state index in [1.807, 2.05) is 0 Å². The number of benzene rings is 2. The van der Waals surface area contributed by atoms with Crippen LogP contribution in [0.3, 0.4) is 0 Å². The third kappa shape index (κ3) is 6.35. The number of nitrogens with zero attached hydrogens (tertiary/aromatic N) is 4. The van der Waals surface area contributed by atoms with Gasteiger partial charge in [0, 0.05) is 23.1 Å². The minimum atomic E-state index is -3.81. The molecular weight excluding hydrogens is 733 g/mol. The van der Waals surface area contributed by atoms with E-state index in [4.69, 9.17) is 0 Å². The third-order valence-electron chi connectivity index (χ3n) is 9.88. The fourth-order valence-electron chi connectivity index (χ4n) is 7.24. The number of halogens is 7. The molecule has 2 aromatic carbocycles. The molecule has 8 rings (SSSR count). The number of fused-ring (bicyclic) bond motifs is 4. The van der Waals surface area contributed by atoms with Crippen LogP contribution in [0.25, 0.3) is 22.2 Å². The van der Waals surface area contributed by atoms with Gasteiger partial charge in [0.25, 0.3) is 12.3 Å². The van der Waals surface area contributed by atoms with Gasteiger partial charge in [0.15, 0.2) is 15.6 Å². The summed E-state index contributed by atoms with van der Waals surface area (Å²) in [7, 11) is -3.81. The van der Waals surface area contributed by atoms with Crippen molar-refractivity contribution in [2.24, 2.45) is 5.92 Å². The SMILES string of the molecule is O=C(Cn1nc(C(F)F)c2c1C(F)(F)C1C[C@H]21)NC(Cc1cc(F)cc(F)c1)c1nc2cn[nH]c2cc1-c1ccc(F)c(C(=O)CS(=O)(=O)C2CC2)c1. The molecule has 5 aromatic rings. The van der Waals surface area contributed by atoms with E-state index in [1.54, 1.807) is 0 Å². The third-order valence-corrected chi connectivity index (χ3v) is 12.0. The standard InChI is InChI=1S/C35H27F7N6O4S/c36-17-5-15(6-18(37)9-17)7-26(44-29(50)13-48-33-30(32(47-48)34(39)40)21-10-23(21)35(33,41)42)31-20(11-25-27(45-31)12-43-46-25)16-1-4-24(38)22(8-16)28(49)14-53(51,52)19-2-3-19/h1,4-6,8-9,11-12,19,21,23,26,34H,2-3,7,10,13-14H2,(H,43,46)(H,44,50)/t21-,23?,26?/m0/s1. The van der Waals surface area contributed by atoms with Crippen LogP contribution in [0.1, 0.15) is 76.2 Å². The number of sulfone groups is 1. The summed E-state index contributed by atoms with van der Waals surface area (Å²) < 4.78 is 128. The number of Topliss-reactive ketones (excluding diaryl/α,β-unsaturated/α-hetero) is 1. The molecule has 2 fully saturated rings. The van der Waals surface area contributed by atoms with Gasteiger partial charge in [-0.3, -0.25) is 19.4 Å². The second kappa shape index (κ2) is 12.5. The Morgan fingerprint density at radius 1 is 1.02 bits per heavy atom. The zero-order valence-electron chi connectivity index (χ0n) is 27.2. The average molecular weight is 761 g/mol. The summed E-state index contributed by atoms with van der Waals surface area (Å²) in [4.78, 5) is 31.4. The molecule has 18 heteroatoms. The Morgan fingerprint density at radius 3 is 2.45 bits per heavy atom. The van der Waals surface area contributed by atoms with Crippen molar-refractivity contribution in [3.05, 3.63) is 99.9 Å². The molecule has 3 atom stereocenters. The first-order chi connectivity index (χ1) is 25.1. The summed E-state index contributed by atoms with van der Waals surface area (Å²) in [6.07, 6.45) is -1.37. The topological polar surface area (TPSA) is 140 Å². The van der Waals surface area contributed by atoms with Crippen LogP contribution in [-0.2, 0) is 33.5 Å². The van der Waals surface area contributed by atoms with Gasteiger partial charge in [-0.2, -0.15) is 19.0 Å². The van der Waals surface area contributed by atoms with Crippen LogP contribution in [0.5, 0.6) is 0 Å². The highest BCUT2D eigenvalue weighted by Crippen LogP contribution is 2.68. The van der Waals surface area contributed by atoms with Gasteiger partial charge in [-0.05, 0) is 73.1 Å². The smallest absolute Gasteiger partial charge is 0.293 e. The predicted octanol–water partition coefficient (Wildman–Crippen LogP) is 6.25. The van der Waals surface area contributed by atoms with E-state index in [0.29, 0.717) is 29.1 Å². The minimum absolute atomic E-state index is 0.00179. The lowest BCUT2D eigenvalue weighted by Crippen LogP contribution is -2.35. The van der Waals surface area contributed by atoms with Crippen LogP contribution < -0.4 is 5.32 Å². The number of hydrogen-bond acceptors (Lipinski definition) is 7. The van der Waals surface area contributed by atoms with E-state index in [9.17, 15) is 35.6 Å². The second-order valence-electron chi connectivity index (χ2n) is 13.6. The monoisotopic (exact) mass is 760 g/mol. The lowest BCUT2D eigenvalue weighted by Gasteiger charge is -2.23. The number of carbonyl (C=O) groups excluding carboxylic acids is 2. The maximum Gasteiger partial charge on any atom is 0.293 e. The lowest BCUT2D eigenvalue weighted by atomic mass is 9.93. The largest absolute Gasteiger partial charge is 0.346 e. The Kier molecular flexibility index (Phi) is 8.23. The summed E-state index contributed by atoms with van der Waals surface area (Å²) in [5.74, 6) is -11.3. The number of aromatic nitrogens is 5. The average Bonchev–Trinajstić information content (AvgIpc) is 3.99.